The summed E-state index contributed by atoms with van der Waals surface area (Å²) in [7, 11) is 0. The molecule has 3 heterocycles. The van der Waals surface area contributed by atoms with E-state index in [1.165, 1.54) is 27.4 Å². The van der Waals surface area contributed by atoms with Gasteiger partial charge in [0.2, 0.25) is 0 Å². The van der Waals surface area contributed by atoms with Crippen molar-refractivity contribution in [2.24, 2.45) is 0 Å². The summed E-state index contributed by atoms with van der Waals surface area (Å²) in [5, 5.41) is 4.64. The van der Waals surface area contributed by atoms with E-state index in [-0.39, 0.29) is 0 Å². The molecule has 0 radical (unpaired) electrons. The maximum absolute atomic E-state index is 6.56. The van der Waals surface area contributed by atoms with Gasteiger partial charge in [-0.25, -0.2) is 4.98 Å². The quantitative estimate of drug-likeness (QED) is 0.188. The number of furan rings is 1. The molecular formula is C47H30N2O. The van der Waals surface area contributed by atoms with Crippen LogP contribution in [0.15, 0.2) is 186 Å². The van der Waals surface area contributed by atoms with E-state index in [0.717, 1.165) is 66.8 Å². The minimum atomic E-state index is 0.882. The number of benzene rings is 7. The van der Waals surface area contributed by atoms with Gasteiger partial charge in [-0.3, -0.25) is 0 Å². The van der Waals surface area contributed by atoms with Gasteiger partial charge in [0, 0.05) is 43.9 Å². The van der Waals surface area contributed by atoms with Crippen LogP contribution >= 0.6 is 0 Å². The van der Waals surface area contributed by atoms with Crippen molar-refractivity contribution in [3.63, 3.8) is 0 Å². The third-order valence-corrected chi connectivity index (χ3v) is 9.81. The van der Waals surface area contributed by atoms with Crippen molar-refractivity contribution >= 4 is 43.7 Å². The summed E-state index contributed by atoms with van der Waals surface area (Å²) in [6.45, 7) is 0. The largest absolute Gasteiger partial charge is 0.455 e. The first kappa shape index (κ1) is 28.3. The van der Waals surface area contributed by atoms with E-state index in [4.69, 9.17) is 9.40 Å². The van der Waals surface area contributed by atoms with Crippen LogP contribution in [-0.2, 0) is 0 Å². The van der Waals surface area contributed by atoms with Crippen LogP contribution in [0.1, 0.15) is 0 Å². The molecule has 0 aliphatic heterocycles. The molecule has 0 bridgehead atoms. The molecule has 0 saturated heterocycles. The highest BCUT2D eigenvalue weighted by molar-refractivity contribution is 6.14. The Morgan fingerprint density at radius 1 is 0.400 bits per heavy atom. The number of fused-ring (bicyclic) bond motifs is 6. The second kappa shape index (κ2) is 11.5. The van der Waals surface area contributed by atoms with E-state index in [1.54, 1.807) is 0 Å². The topological polar surface area (TPSA) is 31.0 Å². The summed E-state index contributed by atoms with van der Waals surface area (Å²) >= 11 is 0. The van der Waals surface area contributed by atoms with E-state index < -0.39 is 0 Å². The molecule has 0 aliphatic rings. The molecule has 10 rings (SSSR count). The van der Waals surface area contributed by atoms with E-state index in [1.807, 2.05) is 12.1 Å². The first-order chi connectivity index (χ1) is 24.8. The fourth-order valence-electron chi connectivity index (χ4n) is 7.48. The predicted octanol–water partition coefficient (Wildman–Crippen LogP) is 12.7. The van der Waals surface area contributed by atoms with E-state index in [2.05, 4.69) is 174 Å². The Morgan fingerprint density at radius 3 is 1.82 bits per heavy atom. The number of hydrogen-bond acceptors (Lipinski definition) is 2. The van der Waals surface area contributed by atoms with Gasteiger partial charge in [0.25, 0.3) is 0 Å². The van der Waals surface area contributed by atoms with Crippen LogP contribution in [0.4, 0.5) is 0 Å². The molecule has 7 aromatic carbocycles. The molecule has 0 N–H and O–H groups in total. The van der Waals surface area contributed by atoms with Gasteiger partial charge < -0.3 is 8.98 Å². The van der Waals surface area contributed by atoms with Gasteiger partial charge in [0.05, 0.1) is 22.4 Å². The minimum Gasteiger partial charge on any atom is -0.455 e. The van der Waals surface area contributed by atoms with Crippen LogP contribution in [-0.4, -0.2) is 9.55 Å². The summed E-state index contributed by atoms with van der Waals surface area (Å²) in [6.07, 6.45) is 0. The van der Waals surface area contributed by atoms with Crippen molar-refractivity contribution in [3.05, 3.63) is 182 Å². The third-order valence-electron chi connectivity index (χ3n) is 9.81. The molecule has 0 amide bonds. The minimum absolute atomic E-state index is 0.882. The Kier molecular flexibility index (Phi) is 6.49. The average Bonchev–Trinajstić information content (AvgIpc) is 3.75. The van der Waals surface area contributed by atoms with Crippen LogP contribution in [0.3, 0.4) is 0 Å². The van der Waals surface area contributed by atoms with Gasteiger partial charge in [-0.15, -0.1) is 0 Å². The van der Waals surface area contributed by atoms with Gasteiger partial charge in [-0.05, 0) is 53.1 Å². The van der Waals surface area contributed by atoms with Crippen molar-refractivity contribution in [2.75, 3.05) is 0 Å². The number of nitrogens with zero attached hydrogens (tertiary/aromatic N) is 2. The fourth-order valence-corrected chi connectivity index (χ4v) is 7.48. The molecule has 0 saturated carbocycles. The molecule has 0 spiro atoms. The highest BCUT2D eigenvalue weighted by atomic mass is 16.3. The number of hydrogen-bond donors (Lipinski definition) is 0. The maximum Gasteiger partial charge on any atom is 0.143 e. The average molecular weight is 639 g/mol. The van der Waals surface area contributed by atoms with Crippen molar-refractivity contribution in [1.82, 2.24) is 9.55 Å². The third kappa shape index (κ3) is 4.56. The lowest BCUT2D eigenvalue weighted by Crippen LogP contribution is -1.97. The van der Waals surface area contributed by atoms with Crippen LogP contribution in [0.25, 0.3) is 94.2 Å². The predicted molar refractivity (Wildman–Crippen MR) is 208 cm³/mol. The molecule has 0 atom stereocenters. The van der Waals surface area contributed by atoms with E-state index in [0.29, 0.717) is 0 Å². The lowest BCUT2D eigenvalue weighted by Gasteiger charge is -2.14. The van der Waals surface area contributed by atoms with Crippen molar-refractivity contribution < 1.29 is 4.42 Å². The van der Waals surface area contributed by atoms with Crippen LogP contribution in [0.5, 0.6) is 0 Å². The van der Waals surface area contributed by atoms with Crippen LogP contribution < -0.4 is 0 Å². The summed E-state index contributed by atoms with van der Waals surface area (Å²) in [4.78, 5) is 5.44. The summed E-state index contributed by atoms with van der Waals surface area (Å²) in [5.41, 5.74) is 13.6. The Bertz CT molecular complexity index is 2850. The molecule has 234 valence electrons. The van der Waals surface area contributed by atoms with Crippen LogP contribution in [0, 0.1) is 0 Å². The lowest BCUT2D eigenvalue weighted by atomic mass is 9.96. The summed E-state index contributed by atoms with van der Waals surface area (Å²) in [6, 6.07) is 64.2. The normalized spacial score (nSPS) is 11.6. The molecule has 3 nitrogen and oxygen atoms in total. The number of aromatic nitrogens is 2. The molecule has 50 heavy (non-hydrogen) atoms. The number of rotatable bonds is 5. The smallest absolute Gasteiger partial charge is 0.143 e. The lowest BCUT2D eigenvalue weighted by molar-refractivity contribution is 0.670. The Labute approximate surface area is 289 Å². The number of pyridine rings is 1. The van der Waals surface area contributed by atoms with Crippen molar-refractivity contribution in [2.45, 2.75) is 0 Å². The molecule has 10 aromatic rings. The molecule has 0 aliphatic carbocycles. The molecule has 3 aromatic heterocycles. The Morgan fingerprint density at radius 2 is 1.00 bits per heavy atom. The van der Waals surface area contributed by atoms with Gasteiger partial charge >= 0.3 is 0 Å². The first-order valence-corrected chi connectivity index (χ1v) is 17.0. The highest BCUT2D eigenvalue weighted by Gasteiger charge is 2.20. The second-order valence-corrected chi connectivity index (χ2v) is 12.7. The number of para-hydroxylation sites is 5. The molecule has 3 heteroatoms. The summed E-state index contributed by atoms with van der Waals surface area (Å²) < 4.78 is 8.93. The summed E-state index contributed by atoms with van der Waals surface area (Å²) in [5.74, 6) is 0. The zero-order valence-corrected chi connectivity index (χ0v) is 27.1. The molecule has 0 fully saturated rings. The van der Waals surface area contributed by atoms with Crippen LogP contribution in [0.2, 0.25) is 0 Å². The zero-order chi connectivity index (χ0) is 33.0. The maximum atomic E-state index is 6.56. The van der Waals surface area contributed by atoms with E-state index in [9.17, 15) is 0 Å². The Balaban J connectivity index is 1.25. The van der Waals surface area contributed by atoms with Gasteiger partial charge in [0.1, 0.15) is 11.2 Å². The monoisotopic (exact) mass is 638 g/mol. The fraction of sp³-hybridized carbons (Fsp3) is 0. The van der Waals surface area contributed by atoms with Gasteiger partial charge in [-0.1, -0.05) is 146 Å². The standard InChI is InChI=1S/C47H30N2O/c1-3-13-31(14-4-1)32-25-27-33(28-26-32)42-29-34(36-19-11-21-40-38-18-8-10-24-45(38)50-47(36)40)30-43(48-42)41-22-12-20-39-37-17-7-9-23-44(37)49(46(39)41)35-15-5-2-6-16-35/h1-30H. The first-order valence-electron chi connectivity index (χ1n) is 17.0. The second-order valence-electron chi connectivity index (χ2n) is 12.7. The Hall–Kier alpha value is -6.71. The SMILES string of the molecule is c1ccc(-c2ccc(-c3cc(-c4cccc5c4oc4ccccc45)cc(-c4cccc5c6ccccc6n(-c6ccccc6)c45)n3)cc2)cc1. The van der Waals surface area contributed by atoms with Gasteiger partial charge in [-0.2, -0.15) is 0 Å². The highest BCUT2D eigenvalue weighted by Crippen LogP contribution is 2.41. The van der Waals surface area contributed by atoms with Gasteiger partial charge in [0.15, 0.2) is 0 Å². The van der Waals surface area contributed by atoms with E-state index >= 15 is 0 Å². The van der Waals surface area contributed by atoms with Crippen molar-refractivity contribution in [3.8, 4) is 50.5 Å². The molecular weight excluding hydrogens is 609 g/mol. The molecule has 0 unspecified atom stereocenters. The van der Waals surface area contributed by atoms with Crippen molar-refractivity contribution in [1.29, 1.82) is 0 Å². The zero-order valence-electron chi connectivity index (χ0n) is 27.1.